The van der Waals surface area contributed by atoms with Gasteiger partial charge in [0, 0.05) is 6.61 Å². The van der Waals surface area contributed by atoms with E-state index in [1.165, 1.54) is 0 Å². The van der Waals surface area contributed by atoms with Crippen LogP contribution >= 0.6 is 0 Å². The fourth-order valence-corrected chi connectivity index (χ4v) is 1.47. The molecule has 1 saturated heterocycles. The molecule has 0 aromatic carbocycles. The van der Waals surface area contributed by atoms with Crippen molar-refractivity contribution >= 4 is 0 Å². The average Bonchev–Trinajstić information content (AvgIpc) is 2.22. The first-order chi connectivity index (χ1) is 7.04. The summed E-state index contributed by atoms with van der Waals surface area (Å²) < 4.78 is 17.1. The Morgan fingerprint density at radius 3 is 2.25 bits per heavy atom. The normalized spacial score (nSPS) is 22.5. The van der Waals surface area contributed by atoms with Gasteiger partial charge in [0.1, 0.15) is 5.60 Å². The molecule has 0 amide bonds. The van der Waals surface area contributed by atoms with Gasteiger partial charge in [-0.3, -0.25) is 0 Å². The van der Waals surface area contributed by atoms with Crippen LogP contribution in [0.1, 0.15) is 40.0 Å². The summed E-state index contributed by atoms with van der Waals surface area (Å²) in [5.41, 5.74) is -0.245. The monoisotopic (exact) mass is 222 g/mol. The molecule has 0 aliphatic carbocycles. The van der Waals surface area contributed by atoms with Crippen LogP contribution in [0.3, 0.4) is 0 Å². The predicted molar refractivity (Wildman–Crippen MR) is 59.5 cm³/mol. The fourth-order valence-electron chi connectivity index (χ4n) is 1.47. The van der Waals surface area contributed by atoms with E-state index >= 15 is 0 Å². The molecule has 1 aliphatic rings. The van der Waals surface area contributed by atoms with E-state index in [-0.39, 0.29) is 24.5 Å². The smallest absolute Gasteiger partial charge is 0.370 e. The topological polar surface area (TPSA) is 27.7 Å². The molecule has 3 nitrogen and oxygen atoms in total. The average molecular weight is 222 g/mol. The maximum atomic E-state index is 5.86. The van der Waals surface area contributed by atoms with Crippen molar-refractivity contribution in [2.75, 3.05) is 19.8 Å². The predicted octanol–water partition coefficient (Wildman–Crippen LogP) is -0.447. The van der Waals surface area contributed by atoms with Gasteiger partial charge in [-0.25, -0.2) is 0 Å². The quantitative estimate of drug-likeness (QED) is 0.358. The molecule has 1 heterocycles. The molecule has 0 aromatic heterocycles. The van der Waals surface area contributed by atoms with Gasteiger partial charge in [0.15, 0.2) is 5.79 Å². The van der Waals surface area contributed by atoms with Gasteiger partial charge in [-0.15, -0.1) is 0 Å². The largest absolute Gasteiger partial charge is 1.00 e. The van der Waals surface area contributed by atoms with Crippen LogP contribution in [0.15, 0.2) is 0 Å². The number of hydrogen-bond acceptors (Lipinski definition) is 3. The summed E-state index contributed by atoms with van der Waals surface area (Å²) in [5.74, 6) is -0.464. The number of hydrogen-bond donors (Lipinski definition) is 0. The zero-order valence-electron chi connectivity index (χ0n) is 11.2. The molecule has 90 valence electrons. The van der Waals surface area contributed by atoms with E-state index in [1.54, 1.807) is 0 Å². The zero-order chi connectivity index (χ0) is 11.4. The minimum absolute atomic E-state index is 0. The third kappa shape index (κ3) is 4.77. The van der Waals surface area contributed by atoms with E-state index in [2.05, 4.69) is 13.8 Å². The molecule has 0 saturated carbocycles. The SMILES string of the molecule is [CH2-]CCCOC1(CC)COC(C)(C)OC1.[Li+]. The maximum Gasteiger partial charge on any atom is 1.00 e. The second-order valence-corrected chi connectivity index (χ2v) is 4.57. The Bertz CT molecular complexity index is 185. The molecule has 4 heteroatoms. The van der Waals surface area contributed by atoms with Crippen LogP contribution in [0.5, 0.6) is 0 Å². The standard InChI is InChI=1S/C12H23O3.Li/c1-5-7-8-13-12(6-2)9-14-11(3,4)15-10-12;/h1,5-10H2,2-4H3;/q-1;+1. The Kier molecular flexibility index (Phi) is 7.24. The van der Waals surface area contributed by atoms with Crippen molar-refractivity contribution < 1.29 is 33.1 Å². The zero-order valence-corrected chi connectivity index (χ0v) is 11.2. The molecule has 0 bridgehead atoms. The van der Waals surface area contributed by atoms with Crippen LogP contribution in [0.2, 0.25) is 0 Å². The molecule has 0 N–H and O–H groups in total. The molecular weight excluding hydrogens is 199 g/mol. The number of rotatable bonds is 5. The Morgan fingerprint density at radius 2 is 1.81 bits per heavy atom. The van der Waals surface area contributed by atoms with Crippen molar-refractivity contribution in [2.45, 2.75) is 51.4 Å². The third-order valence-electron chi connectivity index (χ3n) is 2.81. The second-order valence-electron chi connectivity index (χ2n) is 4.57. The fraction of sp³-hybridized carbons (Fsp3) is 0.917. The van der Waals surface area contributed by atoms with Gasteiger partial charge in [0.25, 0.3) is 0 Å². The van der Waals surface area contributed by atoms with E-state index in [4.69, 9.17) is 14.2 Å². The summed E-state index contributed by atoms with van der Waals surface area (Å²) in [6.45, 7) is 11.7. The summed E-state index contributed by atoms with van der Waals surface area (Å²) in [5, 5.41) is 0. The van der Waals surface area contributed by atoms with Gasteiger partial charge in [-0.2, -0.15) is 6.42 Å². The Hall–Kier alpha value is 0.477. The molecule has 0 atom stereocenters. The van der Waals surface area contributed by atoms with Crippen molar-refractivity contribution in [3.63, 3.8) is 0 Å². The summed E-state index contributed by atoms with van der Waals surface area (Å²) in [6, 6.07) is 0. The van der Waals surface area contributed by atoms with Crippen LogP contribution in [-0.4, -0.2) is 31.2 Å². The van der Waals surface area contributed by atoms with Crippen molar-refractivity contribution in [3.8, 4) is 0 Å². The molecule has 0 spiro atoms. The van der Waals surface area contributed by atoms with Gasteiger partial charge < -0.3 is 21.1 Å². The van der Waals surface area contributed by atoms with E-state index in [1.807, 2.05) is 13.8 Å². The summed E-state index contributed by atoms with van der Waals surface area (Å²) in [7, 11) is 0. The first-order valence-electron chi connectivity index (χ1n) is 5.75. The Labute approximate surface area is 111 Å². The molecular formula is C12H23LiO3. The molecule has 1 rings (SSSR count). The van der Waals surface area contributed by atoms with E-state index in [9.17, 15) is 0 Å². The summed E-state index contributed by atoms with van der Waals surface area (Å²) in [4.78, 5) is 0. The van der Waals surface area contributed by atoms with Crippen molar-refractivity contribution in [3.05, 3.63) is 6.92 Å². The molecule has 1 aliphatic heterocycles. The third-order valence-corrected chi connectivity index (χ3v) is 2.81. The second kappa shape index (κ2) is 7.03. The van der Waals surface area contributed by atoms with Crippen LogP contribution in [0.25, 0.3) is 0 Å². The molecule has 0 unspecified atom stereocenters. The molecule has 0 radical (unpaired) electrons. The van der Waals surface area contributed by atoms with Crippen molar-refractivity contribution in [1.82, 2.24) is 0 Å². The van der Waals surface area contributed by atoms with Crippen LogP contribution < -0.4 is 18.9 Å². The minimum Gasteiger partial charge on any atom is -0.370 e. The Morgan fingerprint density at radius 1 is 1.25 bits per heavy atom. The van der Waals surface area contributed by atoms with Gasteiger partial charge in [0.05, 0.1) is 13.2 Å². The van der Waals surface area contributed by atoms with Crippen molar-refractivity contribution in [1.29, 1.82) is 0 Å². The maximum absolute atomic E-state index is 5.86. The van der Waals surface area contributed by atoms with Gasteiger partial charge in [-0.05, 0) is 20.3 Å². The van der Waals surface area contributed by atoms with Crippen LogP contribution in [-0.2, 0) is 14.2 Å². The van der Waals surface area contributed by atoms with Crippen LogP contribution in [0, 0.1) is 6.92 Å². The van der Waals surface area contributed by atoms with E-state index in [0.717, 1.165) is 25.9 Å². The van der Waals surface area contributed by atoms with Gasteiger partial charge in [-0.1, -0.05) is 13.3 Å². The first kappa shape index (κ1) is 16.5. The van der Waals surface area contributed by atoms with Gasteiger partial charge in [0.2, 0.25) is 0 Å². The summed E-state index contributed by atoms with van der Waals surface area (Å²) >= 11 is 0. The van der Waals surface area contributed by atoms with Crippen molar-refractivity contribution in [2.24, 2.45) is 0 Å². The van der Waals surface area contributed by atoms with Crippen LogP contribution in [0.4, 0.5) is 0 Å². The number of ether oxygens (including phenoxy) is 3. The molecule has 0 aromatic rings. The van der Waals surface area contributed by atoms with E-state index < -0.39 is 5.79 Å². The van der Waals surface area contributed by atoms with E-state index in [0.29, 0.717) is 13.2 Å². The molecule has 16 heavy (non-hydrogen) atoms. The first-order valence-corrected chi connectivity index (χ1v) is 5.75. The molecule has 1 fully saturated rings. The Balaban J connectivity index is 0.00000225. The number of unbranched alkanes of at least 4 members (excludes halogenated alkanes) is 1. The minimum atomic E-state index is -0.464. The van der Waals surface area contributed by atoms with Gasteiger partial charge >= 0.3 is 18.9 Å². The summed E-state index contributed by atoms with van der Waals surface area (Å²) in [6.07, 6.45) is 2.82.